The Labute approximate surface area is 103 Å². The lowest BCUT2D eigenvalue weighted by molar-refractivity contribution is 0.0757. The Balaban J connectivity index is 2.96. The van der Waals surface area contributed by atoms with Gasteiger partial charge in [0.2, 0.25) is 0 Å². The first-order chi connectivity index (χ1) is 7.45. The summed E-state index contributed by atoms with van der Waals surface area (Å²) in [4.78, 5) is 13.5. The lowest BCUT2D eigenvalue weighted by Gasteiger charge is -2.23. The topological polar surface area (TPSA) is 60.8 Å². The number of phenolic OH excluding ortho intramolecular Hbond substituents is 2. The number of hydrogen-bond acceptors (Lipinski definition) is 3. The van der Waals surface area contributed by atoms with E-state index in [1.54, 1.807) is 11.9 Å². The summed E-state index contributed by atoms with van der Waals surface area (Å²) in [6, 6.07) is 3.89. The third kappa shape index (κ3) is 2.88. The summed E-state index contributed by atoms with van der Waals surface area (Å²) in [7, 11) is 1.68. The van der Waals surface area contributed by atoms with Crippen molar-refractivity contribution in [3.05, 3.63) is 23.8 Å². The van der Waals surface area contributed by atoms with E-state index in [1.807, 2.05) is 6.92 Å². The summed E-state index contributed by atoms with van der Waals surface area (Å²) in [5.74, 6) is -0.482. The van der Waals surface area contributed by atoms with E-state index in [1.165, 1.54) is 18.2 Å². The van der Waals surface area contributed by atoms with Crippen molar-refractivity contribution in [3.8, 4) is 11.5 Å². The van der Waals surface area contributed by atoms with Crippen LogP contribution in [0.5, 0.6) is 11.5 Å². The first-order valence-corrected chi connectivity index (χ1v) is 5.94. The minimum Gasteiger partial charge on any atom is -0.508 e. The van der Waals surface area contributed by atoms with Crippen molar-refractivity contribution >= 4 is 21.8 Å². The van der Waals surface area contributed by atoms with E-state index in [9.17, 15) is 15.0 Å². The molecule has 0 aromatic heterocycles. The molecule has 1 aromatic carbocycles. The molecule has 0 fully saturated rings. The summed E-state index contributed by atoms with van der Waals surface area (Å²) in [6.07, 6.45) is 0. The molecule has 0 aliphatic carbocycles. The van der Waals surface area contributed by atoms with Gasteiger partial charge in [-0.3, -0.25) is 4.79 Å². The molecule has 1 rings (SSSR count). The van der Waals surface area contributed by atoms with Crippen molar-refractivity contribution in [3.63, 3.8) is 0 Å². The number of rotatable bonds is 3. The quantitative estimate of drug-likeness (QED) is 0.836. The maximum atomic E-state index is 11.9. The lowest BCUT2D eigenvalue weighted by Crippen LogP contribution is -2.36. The molecule has 1 amide bonds. The number of halogens is 1. The second-order valence-electron chi connectivity index (χ2n) is 3.66. The molecule has 2 N–H and O–H groups in total. The van der Waals surface area contributed by atoms with Crippen LogP contribution in [0, 0.1) is 0 Å². The van der Waals surface area contributed by atoms with E-state index in [0.29, 0.717) is 5.33 Å². The summed E-state index contributed by atoms with van der Waals surface area (Å²) in [5.41, 5.74) is 0.271. The molecule has 0 aliphatic rings. The zero-order valence-electron chi connectivity index (χ0n) is 9.14. The van der Waals surface area contributed by atoms with Gasteiger partial charge < -0.3 is 15.1 Å². The summed E-state index contributed by atoms with van der Waals surface area (Å²) in [6.45, 7) is 1.90. The normalized spacial score (nSPS) is 12.2. The van der Waals surface area contributed by atoms with Gasteiger partial charge in [-0.05, 0) is 19.1 Å². The Hall–Kier alpha value is -1.23. The van der Waals surface area contributed by atoms with Gasteiger partial charge in [0.05, 0.1) is 0 Å². The molecule has 0 heterocycles. The van der Waals surface area contributed by atoms with Gasteiger partial charge in [0.1, 0.15) is 11.5 Å². The fourth-order valence-corrected chi connectivity index (χ4v) is 1.66. The number of alkyl halides is 1. The highest BCUT2D eigenvalue weighted by molar-refractivity contribution is 9.09. The fraction of sp³-hybridized carbons (Fsp3) is 0.364. The maximum Gasteiger partial charge on any atom is 0.254 e. The van der Waals surface area contributed by atoms with Crippen molar-refractivity contribution in [2.24, 2.45) is 0 Å². The van der Waals surface area contributed by atoms with E-state index < -0.39 is 0 Å². The molecular formula is C11H14BrNO3. The summed E-state index contributed by atoms with van der Waals surface area (Å²) in [5, 5.41) is 19.2. The van der Waals surface area contributed by atoms with E-state index in [0.717, 1.165) is 0 Å². The Kier molecular flexibility index (Phi) is 4.18. The van der Waals surface area contributed by atoms with Crippen LogP contribution < -0.4 is 0 Å². The maximum absolute atomic E-state index is 11.9. The Morgan fingerprint density at radius 2 is 1.88 bits per heavy atom. The van der Waals surface area contributed by atoms with Crippen molar-refractivity contribution in [1.82, 2.24) is 4.90 Å². The van der Waals surface area contributed by atoms with Crippen LogP contribution >= 0.6 is 15.9 Å². The Morgan fingerprint density at radius 1 is 1.38 bits per heavy atom. The standard InChI is InChI=1S/C11H14BrNO3/c1-7(6-12)13(2)11(16)8-3-9(14)5-10(15)4-8/h3-5,7,14-15H,6H2,1-2H3. The zero-order chi connectivity index (χ0) is 12.3. The predicted octanol–water partition coefficient (Wildman–Crippen LogP) is 1.95. The van der Waals surface area contributed by atoms with Crippen molar-refractivity contribution in [1.29, 1.82) is 0 Å². The Morgan fingerprint density at radius 3 is 2.31 bits per heavy atom. The number of nitrogens with zero attached hydrogens (tertiary/aromatic N) is 1. The second kappa shape index (κ2) is 5.21. The van der Waals surface area contributed by atoms with E-state index in [4.69, 9.17) is 0 Å². The van der Waals surface area contributed by atoms with Crippen molar-refractivity contribution in [2.75, 3.05) is 12.4 Å². The number of aromatic hydroxyl groups is 2. The van der Waals surface area contributed by atoms with Gasteiger partial charge in [-0.1, -0.05) is 15.9 Å². The van der Waals surface area contributed by atoms with Crippen LogP contribution in [0.3, 0.4) is 0 Å². The van der Waals surface area contributed by atoms with Crippen LogP contribution in [0.4, 0.5) is 0 Å². The Bertz CT molecular complexity index is 375. The summed E-state index contributed by atoms with van der Waals surface area (Å²) >= 11 is 3.29. The molecule has 16 heavy (non-hydrogen) atoms. The molecule has 4 nitrogen and oxygen atoms in total. The average molecular weight is 288 g/mol. The van der Waals surface area contributed by atoms with Crippen molar-refractivity contribution in [2.45, 2.75) is 13.0 Å². The molecule has 0 saturated carbocycles. The third-order valence-electron chi connectivity index (χ3n) is 2.35. The molecule has 88 valence electrons. The van der Waals surface area contributed by atoms with E-state index in [-0.39, 0.29) is 29.0 Å². The molecule has 0 aliphatic heterocycles. The van der Waals surface area contributed by atoms with Crippen molar-refractivity contribution < 1.29 is 15.0 Å². The number of benzene rings is 1. The van der Waals surface area contributed by atoms with Crippen LogP contribution in [0.15, 0.2) is 18.2 Å². The number of hydrogen-bond donors (Lipinski definition) is 2. The molecule has 0 saturated heterocycles. The van der Waals surface area contributed by atoms with Gasteiger partial charge in [0, 0.05) is 30.0 Å². The smallest absolute Gasteiger partial charge is 0.254 e. The first-order valence-electron chi connectivity index (χ1n) is 4.82. The van der Waals surface area contributed by atoms with Gasteiger partial charge in [-0.15, -0.1) is 0 Å². The minimum atomic E-state index is -0.238. The molecule has 1 atom stereocenters. The fourth-order valence-electron chi connectivity index (χ4n) is 1.23. The van der Waals surface area contributed by atoms with E-state index in [2.05, 4.69) is 15.9 Å². The minimum absolute atomic E-state index is 0.0389. The lowest BCUT2D eigenvalue weighted by atomic mass is 10.1. The highest BCUT2D eigenvalue weighted by Crippen LogP contribution is 2.21. The number of carbonyl (C=O) groups excluding carboxylic acids is 1. The monoisotopic (exact) mass is 287 g/mol. The number of carbonyl (C=O) groups is 1. The zero-order valence-corrected chi connectivity index (χ0v) is 10.7. The predicted molar refractivity (Wildman–Crippen MR) is 65.1 cm³/mol. The largest absolute Gasteiger partial charge is 0.508 e. The number of amides is 1. The summed E-state index contributed by atoms with van der Waals surface area (Å²) < 4.78 is 0. The van der Waals surface area contributed by atoms with Gasteiger partial charge in [-0.2, -0.15) is 0 Å². The van der Waals surface area contributed by atoms with Gasteiger partial charge in [0.15, 0.2) is 0 Å². The number of phenols is 2. The molecule has 0 radical (unpaired) electrons. The molecule has 0 bridgehead atoms. The van der Waals surface area contributed by atoms with Crippen LogP contribution in [0.2, 0.25) is 0 Å². The van der Waals surface area contributed by atoms with Crippen LogP contribution in [-0.4, -0.2) is 39.4 Å². The average Bonchev–Trinajstić information content (AvgIpc) is 2.24. The second-order valence-corrected chi connectivity index (χ2v) is 4.30. The first kappa shape index (κ1) is 12.8. The molecule has 1 aromatic rings. The molecule has 0 spiro atoms. The highest BCUT2D eigenvalue weighted by atomic mass is 79.9. The molecule has 1 unspecified atom stereocenters. The van der Waals surface area contributed by atoms with E-state index >= 15 is 0 Å². The van der Waals surface area contributed by atoms with Crippen LogP contribution in [0.1, 0.15) is 17.3 Å². The molecule has 5 heteroatoms. The van der Waals surface area contributed by atoms with Gasteiger partial charge >= 0.3 is 0 Å². The van der Waals surface area contributed by atoms with Gasteiger partial charge in [-0.25, -0.2) is 0 Å². The molecular weight excluding hydrogens is 274 g/mol. The highest BCUT2D eigenvalue weighted by Gasteiger charge is 2.17. The van der Waals surface area contributed by atoms with Crippen LogP contribution in [0.25, 0.3) is 0 Å². The third-order valence-corrected chi connectivity index (χ3v) is 3.29. The SMILES string of the molecule is CC(CBr)N(C)C(=O)c1cc(O)cc(O)c1. The van der Waals surface area contributed by atoms with Crippen LogP contribution in [-0.2, 0) is 0 Å². The van der Waals surface area contributed by atoms with Gasteiger partial charge in [0.25, 0.3) is 5.91 Å².